The number of benzene rings is 2. The van der Waals surface area contributed by atoms with E-state index in [4.69, 9.17) is 0 Å². The van der Waals surface area contributed by atoms with Crippen molar-refractivity contribution in [3.8, 4) is 0 Å². The van der Waals surface area contributed by atoms with E-state index < -0.39 is 11.7 Å². The van der Waals surface area contributed by atoms with Crippen LogP contribution in [0.25, 0.3) is 10.9 Å². The Morgan fingerprint density at radius 2 is 1.86 bits per heavy atom. The van der Waals surface area contributed by atoms with Crippen molar-refractivity contribution in [1.82, 2.24) is 14.4 Å². The molecule has 0 atom stereocenters. The van der Waals surface area contributed by atoms with Crippen molar-refractivity contribution in [3.05, 3.63) is 83.1 Å². The fraction of sp³-hybridized carbons (Fsp3) is 0.414. The highest BCUT2D eigenvalue weighted by atomic mass is 19.4. The lowest BCUT2D eigenvalue weighted by Gasteiger charge is -2.30. The summed E-state index contributed by atoms with van der Waals surface area (Å²) in [4.78, 5) is 17.3. The summed E-state index contributed by atoms with van der Waals surface area (Å²) in [7, 11) is 0. The van der Waals surface area contributed by atoms with E-state index >= 15 is 0 Å². The first kappa shape index (κ1) is 24.6. The average molecular weight is 496 g/mol. The molecule has 7 heteroatoms. The van der Waals surface area contributed by atoms with Crippen molar-refractivity contribution in [2.75, 3.05) is 19.6 Å². The molecule has 4 nitrogen and oxygen atoms in total. The molecule has 190 valence electrons. The third-order valence-corrected chi connectivity index (χ3v) is 7.68. The summed E-state index contributed by atoms with van der Waals surface area (Å²) in [5, 5.41) is 1.01. The molecular weight excluding hydrogens is 463 g/mol. The van der Waals surface area contributed by atoms with Gasteiger partial charge in [0.05, 0.1) is 5.56 Å². The Hall–Kier alpha value is -3.06. The Kier molecular flexibility index (Phi) is 6.68. The second-order valence-corrected chi connectivity index (χ2v) is 10.1. The Labute approximate surface area is 210 Å². The molecule has 0 aliphatic carbocycles. The van der Waals surface area contributed by atoms with Crippen molar-refractivity contribution >= 4 is 16.8 Å². The number of fused-ring (bicyclic) bond motifs is 3. The number of carbonyl (C=O) groups excluding carboxylic acids is 1. The number of hydrogen-bond donors (Lipinski definition) is 0. The number of amides is 1. The number of halogens is 3. The number of hydrogen-bond acceptors (Lipinski definition) is 2. The summed E-state index contributed by atoms with van der Waals surface area (Å²) in [6.07, 6.45) is 0.263. The highest BCUT2D eigenvalue weighted by molar-refractivity contribution is 5.99. The average Bonchev–Trinajstić information content (AvgIpc) is 3.16. The molecule has 0 bridgehead atoms. The molecule has 1 amide bonds. The fourth-order valence-corrected chi connectivity index (χ4v) is 5.68. The molecule has 5 rings (SSSR count). The molecule has 2 aliphatic heterocycles. The van der Waals surface area contributed by atoms with Crippen LogP contribution < -0.4 is 0 Å². The third-order valence-electron chi connectivity index (χ3n) is 7.68. The van der Waals surface area contributed by atoms with Crippen LogP contribution in [0.5, 0.6) is 0 Å². The highest BCUT2D eigenvalue weighted by Gasteiger charge is 2.34. The van der Waals surface area contributed by atoms with Crippen molar-refractivity contribution in [2.24, 2.45) is 5.92 Å². The summed E-state index contributed by atoms with van der Waals surface area (Å²) in [6, 6.07) is 11.7. The van der Waals surface area contributed by atoms with Gasteiger partial charge in [0.1, 0.15) is 0 Å². The number of carbonyl (C=O) groups is 1. The first-order valence-corrected chi connectivity index (χ1v) is 12.7. The minimum absolute atomic E-state index is 0.0563. The number of piperidine rings is 1. The lowest BCUT2D eigenvalue weighted by molar-refractivity contribution is -0.138. The van der Waals surface area contributed by atoms with Crippen LogP contribution in [0.2, 0.25) is 0 Å². The largest absolute Gasteiger partial charge is 0.416 e. The second kappa shape index (κ2) is 9.77. The van der Waals surface area contributed by atoms with Crippen molar-refractivity contribution in [1.29, 1.82) is 0 Å². The Bertz CT molecular complexity index is 1280. The molecule has 0 radical (unpaired) electrons. The molecular formula is C29H32F3N3O. The van der Waals surface area contributed by atoms with Crippen molar-refractivity contribution in [3.63, 3.8) is 0 Å². The molecule has 2 aromatic carbocycles. The number of aromatic nitrogens is 1. The summed E-state index contributed by atoms with van der Waals surface area (Å²) >= 11 is 0. The maximum atomic E-state index is 13.6. The van der Waals surface area contributed by atoms with Gasteiger partial charge in [0, 0.05) is 67.8 Å². The molecule has 1 saturated heterocycles. The number of alkyl halides is 3. The molecule has 0 N–H and O–H groups in total. The molecule has 3 aromatic rings. The number of nitrogens with zero attached hydrogens (tertiary/aromatic N) is 3. The lowest BCUT2D eigenvalue weighted by atomic mass is 9.98. The van der Waals surface area contributed by atoms with Crippen molar-refractivity contribution in [2.45, 2.75) is 52.0 Å². The normalized spacial score (nSPS) is 17.4. The van der Waals surface area contributed by atoms with E-state index in [0.717, 1.165) is 54.9 Å². The van der Waals surface area contributed by atoms with Crippen LogP contribution in [0, 0.1) is 5.92 Å². The maximum Gasteiger partial charge on any atom is 0.416 e. The molecule has 36 heavy (non-hydrogen) atoms. The lowest BCUT2D eigenvalue weighted by Crippen LogP contribution is -2.37. The van der Waals surface area contributed by atoms with Crippen LogP contribution in [-0.2, 0) is 32.2 Å². The predicted molar refractivity (Wildman–Crippen MR) is 136 cm³/mol. The monoisotopic (exact) mass is 495 g/mol. The summed E-state index contributed by atoms with van der Waals surface area (Å²) in [5.41, 5.74) is 3.72. The molecule has 3 heterocycles. The zero-order chi connectivity index (χ0) is 25.4. The topological polar surface area (TPSA) is 28.5 Å². The quantitative estimate of drug-likeness (QED) is 0.390. The first-order chi connectivity index (χ1) is 17.3. The van der Waals surface area contributed by atoms with Gasteiger partial charge in [0.15, 0.2) is 0 Å². The van der Waals surface area contributed by atoms with Gasteiger partial charge < -0.3 is 9.47 Å². The Morgan fingerprint density at radius 3 is 2.58 bits per heavy atom. The minimum Gasteiger partial charge on any atom is -0.340 e. The Morgan fingerprint density at radius 1 is 1.11 bits per heavy atom. The van der Waals surface area contributed by atoms with Gasteiger partial charge in [-0.25, -0.2) is 0 Å². The number of allylic oxidation sites excluding steroid dienone is 1. The summed E-state index contributed by atoms with van der Waals surface area (Å²) in [6.45, 7) is 9.78. The summed E-state index contributed by atoms with van der Waals surface area (Å²) < 4.78 is 42.9. The van der Waals surface area contributed by atoms with Gasteiger partial charge in [-0.15, -0.1) is 6.58 Å². The van der Waals surface area contributed by atoms with Crippen LogP contribution in [0.1, 0.15) is 52.5 Å². The van der Waals surface area contributed by atoms with E-state index in [0.29, 0.717) is 36.7 Å². The first-order valence-electron chi connectivity index (χ1n) is 12.7. The SMILES string of the molecule is C=CCn1c2c(c3cc(C(=O)N4CCC(C)CC4)ccc31)CN(Cc1ccccc1C(F)(F)F)CC2. The molecule has 1 fully saturated rings. The van der Waals surface area contributed by atoms with Gasteiger partial charge in [-0.2, -0.15) is 13.2 Å². The number of rotatable bonds is 5. The van der Waals surface area contributed by atoms with Gasteiger partial charge in [0.2, 0.25) is 0 Å². The van der Waals surface area contributed by atoms with E-state index in [-0.39, 0.29) is 12.5 Å². The van der Waals surface area contributed by atoms with Gasteiger partial charge in [-0.1, -0.05) is 31.2 Å². The minimum atomic E-state index is -4.38. The van der Waals surface area contributed by atoms with E-state index in [9.17, 15) is 18.0 Å². The third kappa shape index (κ3) is 4.69. The van der Waals surface area contributed by atoms with Gasteiger partial charge in [-0.3, -0.25) is 9.69 Å². The smallest absolute Gasteiger partial charge is 0.340 e. The summed E-state index contributed by atoms with van der Waals surface area (Å²) in [5.74, 6) is 0.700. The predicted octanol–water partition coefficient (Wildman–Crippen LogP) is 6.28. The molecule has 1 aromatic heterocycles. The van der Waals surface area contributed by atoms with Gasteiger partial charge >= 0.3 is 6.18 Å². The molecule has 0 spiro atoms. The van der Waals surface area contributed by atoms with E-state index in [1.165, 1.54) is 11.8 Å². The standard InChI is InChI=1S/C29H32F3N3O/c1-3-13-35-26-9-8-21(28(36)34-15-10-20(2)11-16-34)17-23(26)24-19-33(14-12-27(24)35)18-22-6-4-5-7-25(22)29(30,31)32/h3-9,17,20H,1,10-16,18-19H2,2H3. The van der Waals surface area contributed by atoms with Crippen molar-refractivity contribution < 1.29 is 18.0 Å². The number of likely N-dealkylation sites (tertiary alicyclic amines) is 1. The maximum absolute atomic E-state index is 13.6. The van der Waals surface area contributed by atoms with E-state index in [1.54, 1.807) is 12.1 Å². The van der Waals surface area contributed by atoms with Gasteiger partial charge in [-0.05, 0) is 54.2 Å². The van der Waals surface area contributed by atoms with Crippen LogP contribution >= 0.6 is 0 Å². The molecule has 2 aliphatic rings. The molecule has 0 unspecified atom stereocenters. The van der Waals surface area contributed by atoms with E-state index in [1.807, 2.05) is 29.2 Å². The van der Waals surface area contributed by atoms with E-state index in [2.05, 4.69) is 23.0 Å². The zero-order valence-corrected chi connectivity index (χ0v) is 20.7. The highest BCUT2D eigenvalue weighted by Crippen LogP contribution is 2.35. The molecule has 0 saturated carbocycles. The fourth-order valence-electron chi connectivity index (χ4n) is 5.68. The van der Waals surface area contributed by atoms with Crippen LogP contribution in [-0.4, -0.2) is 39.9 Å². The second-order valence-electron chi connectivity index (χ2n) is 10.1. The zero-order valence-electron chi connectivity index (χ0n) is 20.7. The Balaban J connectivity index is 1.47. The van der Waals surface area contributed by atoms with Crippen LogP contribution in [0.15, 0.2) is 55.1 Å². The van der Waals surface area contributed by atoms with Crippen LogP contribution in [0.4, 0.5) is 13.2 Å². The van der Waals surface area contributed by atoms with Gasteiger partial charge in [0.25, 0.3) is 5.91 Å². The van der Waals surface area contributed by atoms with Crippen LogP contribution in [0.3, 0.4) is 0 Å².